The zero-order valence-corrected chi connectivity index (χ0v) is 13.9. The van der Waals surface area contributed by atoms with Gasteiger partial charge in [-0.3, -0.25) is 0 Å². The van der Waals surface area contributed by atoms with E-state index in [2.05, 4.69) is 15.5 Å². The smallest absolute Gasteiger partial charge is 0.410 e. The van der Waals surface area contributed by atoms with E-state index in [0.29, 0.717) is 24.8 Å². The lowest BCUT2D eigenvalue weighted by Gasteiger charge is -2.36. The first-order valence-corrected chi connectivity index (χ1v) is 7.85. The number of hydrogen-bond donors (Lipinski definition) is 1. The molecular formula is C15H26N4O3. The van der Waals surface area contributed by atoms with Crippen molar-refractivity contribution in [3.8, 4) is 0 Å². The van der Waals surface area contributed by atoms with Crippen LogP contribution in [0.2, 0.25) is 0 Å². The Bertz CT molecular complexity index is 495. The van der Waals surface area contributed by atoms with Crippen LogP contribution in [0.15, 0.2) is 4.52 Å². The molecule has 1 N–H and O–H groups in total. The van der Waals surface area contributed by atoms with E-state index in [-0.39, 0.29) is 12.1 Å². The molecule has 7 nitrogen and oxygen atoms in total. The molecule has 0 aromatic carbocycles. The third kappa shape index (κ3) is 4.98. The predicted octanol–water partition coefficient (Wildman–Crippen LogP) is 2.26. The molecule has 1 saturated heterocycles. The number of nitrogens with one attached hydrogen (secondary N) is 1. The number of aryl methyl sites for hydroxylation is 1. The summed E-state index contributed by atoms with van der Waals surface area (Å²) in [5.41, 5.74) is -0.464. The summed E-state index contributed by atoms with van der Waals surface area (Å²) in [6.07, 6.45) is 2.91. The first-order chi connectivity index (χ1) is 10.3. The molecule has 2 heterocycles. The normalized spacial score (nSPS) is 19.3. The summed E-state index contributed by atoms with van der Waals surface area (Å²) in [6.45, 7) is 9.42. The number of rotatable bonds is 4. The second kappa shape index (κ2) is 7.09. The maximum absolute atomic E-state index is 12.3. The lowest BCUT2D eigenvalue weighted by Crippen LogP contribution is -2.50. The van der Waals surface area contributed by atoms with Crippen LogP contribution in [0.3, 0.4) is 0 Å². The Labute approximate surface area is 131 Å². The number of aromatic nitrogens is 2. The van der Waals surface area contributed by atoms with Gasteiger partial charge in [0.15, 0.2) is 5.82 Å². The molecule has 1 fully saturated rings. The highest BCUT2D eigenvalue weighted by Gasteiger charge is 2.30. The quantitative estimate of drug-likeness (QED) is 0.918. The molecule has 0 radical (unpaired) electrons. The summed E-state index contributed by atoms with van der Waals surface area (Å²) in [5.74, 6) is 1.20. The van der Waals surface area contributed by atoms with Crippen LogP contribution in [0.1, 0.15) is 51.7 Å². The Morgan fingerprint density at radius 2 is 2.23 bits per heavy atom. The van der Waals surface area contributed by atoms with Crippen molar-refractivity contribution in [1.29, 1.82) is 0 Å². The molecular weight excluding hydrogens is 284 g/mol. The zero-order chi connectivity index (χ0) is 16.2. The first kappa shape index (κ1) is 16.7. The van der Waals surface area contributed by atoms with Gasteiger partial charge in [-0.05, 0) is 47.0 Å². The van der Waals surface area contributed by atoms with Crippen molar-refractivity contribution in [1.82, 2.24) is 20.4 Å². The number of amides is 1. The molecule has 1 unspecified atom stereocenters. The van der Waals surface area contributed by atoms with Gasteiger partial charge in [0.1, 0.15) is 5.60 Å². The van der Waals surface area contributed by atoms with Crippen LogP contribution in [0.4, 0.5) is 4.79 Å². The van der Waals surface area contributed by atoms with Crippen LogP contribution < -0.4 is 5.32 Å². The van der Waals surface area contributed by atoms with E-state index < -0.39 is 5.60 Å². The van der Waals surface area contributed by atoms with Crippen LogP contribution in [0, 0.1) is 6.92 Å². The average Bonchev–Trinajstić information content (AvgIpc) is 2.83. The Hall–Kier alpha value is -1.63. The fourth-order valence-corrected chi connectivity index (χ4v) is 2.53. The summed E-state index contributed by atoms with van der Waals surface area (Å²) in [7, 11) is 0. The molecule has 1 aliphatic heterocycles. The van der Waals surface area contributed by atoms with Gasteiger partial charge in [0.2, 0.25) is 5.89 Å². The van der Waals surface area contributed by atoms with E-state index >= 15 is 0 Å². The molecule has 22 heavy (non-hydrogen) atoms. The second-order valence-electron chi connectivity index (χ2n) is 6.69. The molecule has 2 rings (SSSR count). The number of carbonyl (C=O) groups is 1. The summed E-state index contributed by atoms with van der Waals surface area (Å²) < 4.78 is 10.6. The highest BCUT2D eigenvalue weighted by molar-refractivity contribution is 5.68. The topological polar surface area (TPSA) is 80.5 Å². The monoisotopic (exact) mass is 310 g/mol. The van der Waals surface area contributed by atoms with Crippen LogP contribution in [-0.2, 0) is 11.3 Å². The largest absolute Gasteiger partial charge is 0.444 e. The number of likely N-dealkylation sites (tertiary alicyclic amines) is 1. The molecule has 1 aliphatic rings. The van der Waals surface area contributed by atoms with Gasteiger partial charge in [0.25, 0.3) is 0 Å². The Morgan fingerprint density at radius 3 is 2.86 bits per heavy atom. The van der Waals surface area contributed by atoms with Gasteiger partial charge in [0.05, 0.1) is 6.54 Å². The van der Waals surface area contributed by atoms with Crippen molar-refractivity contribution in [2.75, 3.05) is 13.1 Å². The highest BCUT2D eigenvalue weighted by Crippen LogP contribution is 2.20. The van der Waals surface area contributed by atoms with Crippen LogP contribution >= 0.6 is 0 Å². The van der Waals surface area contributed by atoms with Gasteiger partial charge < -0.3 is 19.5 Å². The van der Waals surface area contributed by atoms with Gasteiger partial charge in [-0.2, -0.15) is 4.98 Å². The van der Waals surface area contributed by atoms with Crippen molar-refractivity contribution >= 4 is 6.09 Å². The Balaban J connectivity index is 1.85. The number of hydrogen-bond acceptors (Lipinski definition) is 6. The highest BCUT2D eigenvalue weighted by atomic mass is 16.6. The average molecular weight is 310 g/mol. The van der Waals surface area contributed by atoms with Gasteiger partial charge in [-0.15, -0.1) is 0 Å². The predicted molar refractivity (Wildman–Crippen MR) is 81.3 cm³/mol. The number of ether oxygens (including phenoxy) is 1. The lowest BCUT2D eigenvalue weighted by molar-refractivity contribution is 0.00988. The Morgan fingerprint density at radius 1 is 1.45 bits per heavy atom. The van der Waals surface area contributed by atoms with Gasteiger partial charge in [-0.25, -0.2) is 4.79 Å². The molecule has 0 bridgehead atoms. The van der Waals surface area contributed by atoms with Crippen LogP contribution in [-0.4, -0.2) is 45.9 Å². The molecule has 0 spiro atoms. The molecule has 0 saturated carbocycles. The van der Waals surface area contributed by atoms with Crippen LogP contribution in [0.5, 0.6) is 0 Å². The van der Waals surface area contributed by atoms with Crippen molar-refractivity contribution in [3.63, 3.8) is 0 Å². The third-order valence-electron chi connectivity index (χ3n) is 3.48. The summed E-state index contributed by atoms with van der Waals surface area (Å²) in [5, 5.41) is 7.04. The van der Waals surface area contributed by atoms with E-state index in [1.165, 1.54) is 0 Å². The number of carbonyl (C=O) groups excluding carboxylic acids is 1. The minimum atomic E-state index is -0.464. The SMILES string of the molecule is Cc1noc(CNCC2CCCCN2C(=O)OC(C)(C)C)n1. The van der Waals surface area contributed by atoms with Crippen LogP contribution in [0.25, 0.3) is 0 Å². The maximum atomic E-state index is 12.3. The van der Waals surface area contributed by atoms with E-state index in [9.17, 15) is 4.79 Å². The number of nitrogens with zero attached hydrogens (tertiary/aromatic N) is 3. The molecule has 1 amide bonds. The molecule has 1 aromatic heterocycles. The first-order valence-electron chi connectivity index (χ1n) is 7.85. The second-order valence-corrected chi connectivity index (χ2v) is 6.69. The van der Waals surface area contributed by atoms with E-state index in [1.54, 1.807) is 6.92 Å². The summed E-state index contributed by atoms with van der Waals surface area (Å²) >= 11 is 0. The number of piperidine rings is 1. The van der Waals surface area contributed by atoms with Crippen molar-refractivity contribution in [2.45, 2.75) is 65.1 Å². The minimum Gasteiger partial charge on any atom is -0.444 e. The molecule has 0 aliphatic carbocycles. The standard InChI is InChI=1S/C15H26N4O3/c1-11-17-13(22-18-11)10-16-9-12-7-5-6-8-19(12)14(20)21-15(2,3)4/h12,16H,5-10H2,1-4H3. The third-order valence-corrected chi connectivity index (χ3v) is 3.48. The molecule has 7 heteroatoms. The van der Waals surface area contributed by atoms with Gasteiger partial charge in [0, 0.05) is 19.1 Å². The van der Waals surface area contributed by atoms with Gasteiger partial charge in [-0.1, -0.05) is 5.16 Å². The van der Waals surface area contributed by atoms with Crippen molar-refractivity contribution in [2.24, 2.45) is 0 Å². The van der Waals surface area contributed by atoms with E-state index in [0.717, 1.165) is 25.8 Å². The Kier molecular flexibility index (Phi) is 5.39. The van der Waals surface area contributed by atoms with Gasteiger partial charge >= 0.3 is 6.09 Å². The van der Waals surface area contributed by atoms with Crippen molar-refractivity contribution < 1.29 is 14.1 Å². The fraction of sp³-hybridized carbons (Fsp3) is 0.800. The molecule has 124 valence electrons. The maximum Gasteiger partial charge on any atom is 0.410 e. The van der Waals surface area contributed by atoms with Crippen molar-refractivity contribution in [3.05, 3.63) is 11.7 Å². The lowest BCUT2D eigenvalue weighted by atomic mass is 10.0. The molecule has 1 atom stereocenters. The summed E-state index contributed by atoms with van der Waals surface area (Å²) in [6, 6.07) is 0.146. The molecule has 1 aromatic rings. The minimum absolute atomic E-state index is 0.146. The van der Waals surface area contributed by atoms with E-state index in [1.807, 2.05) is 25.7 Å². The zero-order valence-electron chi connectivity index (χ0n) is 13.9. The summed E-state index contributed by atoms with van der Waals surface area (Å²) in [4.78, 5) is 18.3. The van der Waals surface area contributed by atoms with E-state index in [4.69, 9.17) is 9.26 Å². The fourth-order valence-electron chi connectivity index (χ4n) is 2.53.